The molecule has 1 saturated heterocycles. The zero-order chi connectivity index (χ0) is 14.8. The van der Waals surface area contributed by atoms with E-state index in [1.807, 2.05) is 13.8 Å². The number of nitrogens with zero attached hydrogens (tertiary/aromatic N) is 1. The Kier molecular flexibility index (Phi) is 5.28. The van der Waals surface area contributed by atoms with Crippen molar-refractivity contribution in [2.45, 2.75) is 50.6 Å². The van der Waals surface area contributed by atoms with E-state index in [9.17, 15) is 8.42 Å². The van der Waals surface area contributed by atoms with E-state index in [2.05, 4.69) is 21.2 Å². The van der Waals surface area contributed by atoms with Gasteiger partial charge < -0.3 is 9.73 Å². The van der Waals surface area contributed by atoms with Crippen molar-refractivity contribution < 1.29 is 12.8 Å². The van der Waals surface area contributed by atoms with Gasteiger partial charge in [0.05, 0.1) is 6.54 Å². The zero-order valence-electron chi connectivity index (χ0n) is 11.9. The van der Waals surface area contributed by atoms with E-state index in [1.165, 1.54) is 0 Å². The quantitative estimate of drug-likeness (QED) is 0.872. The van der Waals surface area contributed by atoms with Crippen molar-refractivity contribution in [3.05, 3.63) is 16.5 Å². The van der Waals surface area contributed by atoms with Crippen molar-refractivity contribution in [3.8, 4) is 0 Å². The van der Waals surface area contributed by atoms with Crippen LogP contribution < -0.4 is 5.32 Å². The average molecular weight is 365 g/mol. The van der Waals surface area contributed by atoms with Gasteiger partial charge in [0, 0.05) is 18.7 Å². The monoisotopic (exact) mass is 364 g/mol. The first-order valence-corrected chi connectivity index (χ1v) is 9.21. The fourth-order valence-electron chi connectivity index (χ4n) is 2.46. The van der Waals surface area contributed by atoms with Crippen LogP contribution in [0, 0.1) is 0 Å². The highest BCUT2D eigenvalue weighted by molar-refractivity contribution is 9.10. The van der Waals surface area contributed by atoms with Crippen LogP contribution in [0.2, 0.25) is 0 Å². The van der Waals surface area contributed by atoms with Gasteiger partial charge in [0.15, 0.2) is 4.67 Å². The maximum atomic E-state index is 12.7. The van der Waals surface area contributed by atoms with E-state index in [0.29, 0.717) is 23.5 Å². The maximum absolute atomic E-state index is 12.7. The summed E-state index contributed by atoms with van der Waals surface area (Å²) in [6.45, 7) is 5.88. The Bertz CT molecular complexity index is 556. The van der Waals surface area contributed by atoms with Crippen LogP contribution in [0.1, 0.15) is 38.9 Å². The molecule has 1 aromatic heterocycles. The maximum Gasteiger partial charge on any atom is 0.247 e. The number of hydrogen-bond acceptors (Lipinski definition) is 4. The van der Waals surface area contributed by atoms with Gasteiger partial charge in [-0.05, 0) is 42.2 Å². The van der Waals surface area contributed by atoms with Crippen LogP contribution in [-0.4, -0.2) is 31.9 Å². The molecule has 0 aliphatic carbocycles. The van der Waals surface area contributed by atoms with Gasteiger partial charge in [-0.25, -0.2) is 8.42 Å². The largest absolute Gasteiger partial charge is 0.452 e. The third kappa shape index (κ3) is 3.27. The fraction of sp³-hybridized carbons (Fsp3) is 0.692. The van der Waals surface area contributed by atoms with E-state index in [4.69, 9.17) is 4.42 Å². The van der Waals surface area contributed by atoms with Gasteiger partial charge in [0.25, 0.3) is 0 Å². The molecular weight excluding hydrogens is 344 g/mol. The molecule has 1 N–H and O–H groups in total. The molecule has 0 radical (unpaired) electrons. The highest BCUT2D eigenvalue weighted by atomic mass is 79.9. The van der Waals surface area contributed by atoms with Crippen molar-refractivity contribution in [1.82, 2.24) is 9.62 Å². The third-order valence-electron chi connectivity index (χ3n) is 3.58. The molecule has 0 aromatic carbocycles. The van der Waals surface area contributed by atoms with Gasteiger partial charge in [0.2, 0.25) is 10.0 Å². The predicted octanol–water partition coefficient (Wildman–Crippen LogP) is 2.71. The molecule has 0 bridgehead atoms. The van der Waals surface area contributed by atoms with E-state index in [0.717, 1.165) is 25.8 Å². The Labute approximate surface area is 128 Å². The lowest BCUT2D eigenvalue weighted by Gasteiger charge is -2.31. The standard InChI is InChI=1S/C13H21BrN2O3S/c1-3-15-9-11-8-12(13(14)19-11)20(17,18)16-7-5-4-6-10(16)2/h8,10,15H,3-7,9H2,1-2H3. The molecular formula is C13H21BrN2O3S. The summed E-state index contributed by atoms with van der Waals surface area (Å²) in [5.74, 6) is 0.627. The van der Waals surface area contributed by atoms with Gasteiger partial charge in [-0.1, -0.05) is 13.3 Å². The van der Waals surface area contributed by atoms with Crippen molar-refractivity contribution in [2.24, 2.45) is 0 Å². The summed E-state index contributed by atoms with van der Waals surface area (Å²) in [6, 6.07) is 1.66. The second-order valence-corrected chi connectivity index (χ2v) is 7.67. The Balaban J connectivity index is 2.26. The van der Waals surface area contributed by atoms with E-state index in [-0.39, 0.29) is 10.9 Å². The minimum Gasteiger partial charge on any atom is -0.452 e. The number of nitrogens with one attached hydrogen (secondary N) is 1. The molecule has 1 aromatic rings. The van der Waals surface area contributed by atoms with Crippen LogP contribution in [0.25, 0.3) is 0 Å². The van der Waals surface area contributed by atoms with Crippen LogP contribution in [0.15, 0.2) is 20.0 Å². The lowest BCUT2D eigenvalue weighted by Crippen LogP contribution is -2.41. The van der Waals surface area contributed by atoms with Gasteiger partial charge in [-0.2, -0.15) is 4.31 Å². The summed E-state index contributed by atoms with van der Waals surface area (Å²) < 4.78 is 32.8. The molecule has 2 rings (SSSR count). The first-order chi connectivity index (χ1) is 9.46. The molecule has 0 amide bonds. The van der Waals surface area contributed by atoms with Crippen LogP contribution in [0.4, 0.5) is 0 Å². The highest BCUT2D eigenvalue weighted by Gasteiger charge is 2.34. The van der Waals surface area contributed by atoms with E-state index >= 15 is 0 Å². The molecule has 1 unspecified atom stereocenters. The zero-order valence-corrected chi connectivity index (χ0v) is 14.3. The molecule has 0 saturated carbocycles. The predicted molar refractivity (Wildman–Crippen MR) is 81.0 cm³/mol. The Morgan fingerprint density at radius 2 is 2.25 bits per heavy atom. The number of sulfonamides is 1. The number of rotatable bonds is 5. The van der Waals surface area contributed by atoms with Crippen molar-refractivity contribution >= 4 is 26.0 Å². The van der Waals surface area contributed by atoms with Crippen LogP contribution in [0.3, 0.4) is 0 Å². The van der Waals surface area contributed by atoms with Gasteiger partial charge >= 0.3 is 0 Å². The minimum atomic E-state index is -3.48. The molecule has 1 aliphatic rings. The first kappa shape index (κ1) is 16.0. The molecule has 5 nitrogen and oxygen atoms in total. The number of hydrogen-bond donors (Lipinski definition) is 1. The van der Waals surface area contributed by atoms with Gasteiger partial charge in [-0.3, -0.25) is 0 Å². The smallest absolute Gasteiger partial charge is 0.247 e. The summed E-state index contributed by atoms with van der Waals surface area (Å²) in [4.78, 5) is 0.235. The molecule has 1 atom stereocenters. The summed E-state index contributed by atoms with van der Waals surface area (Å²) in [5.41, 5.74) is 0. The van der Waals surface area contributed by atoms with Crippen LogP contribution >= 0.6 is 15.9 Å². The van der Waals surface area contributed by atoms with Crippen LogP contribution in [0.5, 0.6) is 0 Å². The highest BCUT2D eigenvalue weighted by Crippen LogP contribution is 2.32. The molecule has 2 heterocycles. The van der Waals surface area contributed by atoms with Gasteiger partial charge in [-0.15, -0.1) is 0 Å². The molecule has 1 aliphatic heterocycles. The summed E-state index contributed by atoms with van der Waals surface area (Å²) in [6.07, 6.45) is 2.92. The van der Waals surface area contributed by atoms with E-state index < -0.39 is 10.0 Å². The fourth-order valence-corrected chi connectivity index (χ4v) is 5.13. The van der Waals surface area contributed by atoms with Crippen molar-refractivity contribution in [1.29, 1.82) is 0 Å². The van der Waals surface area contributed by atoms with Crippen molar-refractivity contribution in [3.63, 3.8) is 0 Å². The second kappa shape index (κ2) is 6.60. The van der Waals surface area contributed by atoms with Gasteiger partial charge in [0.1, 0.15) is 10.7 Å². The summed E-state index contributed by atoms with van der Waals surface area (Å²) >= 11 is 3.23. The summed E-state index contributed by atoms with van der Waals surface area (Å²) in [5, 5.41) is 3.12. The minimum absolute atomic E-state index is 0.0489. The van der Waals surface area contributed by atoms with E-state index in [1.54, 1.807) is 10.4 Å². The Morgan fingerprint density at radius 3 is 2.90 bits per heavy atom. The van der Waals surface area contributed by atoms with Crippen LogP contribution in [-0.2, 0) is 16.6 Å². The number of piperidine rings is 1. The lowest BCUT2D eigenvalue weighted by molar-refractivity contribution is 0.268. The second-order valence-electron chi connectivity index (χ2n) is 5.09. The third-order valence-corrected chi connectivity index (χ3v) is 6.45. The lowest BCUT2D eigenvalue weighted by atomic mass is 10.1. The first-order valence-electron chi connectivity index (χ1n) is 6.97. The molecule has 0 spiro atoms. The molecule has 114 valence electrons. The average Bonchev–Trinajstić information content (AvgIpc) is 2.78. The topological polar surface area (TPSA) is 62.6 Å². The van der Waals surface area contributed by atoms with Crippen molar-refractivity contribution in [2.75, 3.05) is 13.1 Å². The molecule has 20 heavy (non-hydrogen) atoms. The number of halogens is 1. The Hall–Kier alpha value is -0.370. The Morgan fingerprint density at radius 1 is 1.50 bits per heavy atom. The SMILES string of the molecule is CCNCc1cc(S(=O)(=O)N2CCCCC2C)c(Br)o1. The summed E-state index contributed by atoms with van der Waals surface area (Å²) in [7, 11) is -3.48. The normalized spacial score (nSPS) is 21.2. The molecule has 7 heteroatoms. The number of furan rings is 1. The molecule has 1 fully saturated rings.